The van der Waals surface area contributed by atoms with Gasteiger partial charge in [-0.1, -0.05) is 6.08 Å². The standard InChI is InChI=1S/C12H24N2O/c1-3-7-14(9-10-15-2)8-6-13-11-12-4-5-12/h3,12-13H,1,4-11H2,2H3. The highest BCUT2D eigenvalue weighted by Crippen LogP contribution is 2.27. The third-order valence-electron chi connectivity index (χ3n) is 2.73. The van der Waals surface area contributed by atoms with Gasteiger partial charge in [0, 0.05) is 33.3 Å². The van der Waals surface area contributed by atoms with E-state index in [-0.39, 0.29) is 0 Å². The molecule has 0 aromatic rings. The van der Waals surface area contributed by atoms with Crippen LogP contribution in [0.25, 0.3) is 0 Å². The first kappa shape index (κ1) is 12.7. The third-order valence-corrected chi connectivity index (χ3v) is 2.73. The van der Waals surface area contributed by atoms with Crippen molar-refractivity contribution in [1.29, 1.82) is 0 Å². The van der Waals surface area contributed by atoms with Crippen LogP contribution in [0.3, 0.4) is 0 Å². The molecule has 3 heteroatoms. The minimum atomic E-state index is 0.802. The Labute approximate surface area is 93.5 Å². The number of hydrogen-bond acceptors (Lipinski definition) is 3. The van der Waals surface area contributed by atoms with Crippen molar-refractivity contribution in [3.05, 3.63) is 12.7 Å². The van der Waals surface area contributed by atoms with Crippen LogP contribution in [0.4, 0.5) is 0 Å². The summed E-state index contributed by atoms with van der Waals surface area (Å²) in [5, 5.41) is 3.50. The Morgan fingerprint density at radius 3 is 2.87 bits per heavy atom. The van der Waals surface area contributed by atoms with Crippen LogP contribution < -0.4 is 5.32 Å². The molecule has 0 unspecified atom stereocenters. The minimum absolute atomic E-state index is 0.802. The van der Waals surface area contributed by atoms with Crippen molar-refractivity contribution >= 4 is 0 Å². The number of rotatable bonds is 10. The molecule has 1 N–H and O–H groups in total. The summed E-state index contributed by atoms with van der Waals surface area (Å²) in [6.07, 6.45) is 4.80. The molecule has 0 radical (unpaired) electrons. The molecule has 0 amide bonds. The van der Waals surface area contributed by atoms with E-state index in [9.17, 15) is 0 Å². The highest BCUT2D eigenvalue weighted by atomic mass is 16.5. The van der Waals surface area contributed by atoms with E-state index in [4.69, 9.17) is 4.74 Å². The number of nitrogens with one attached hydrogen (secondary N) is 1. The van der Waals surface area contributed by atoms with Crippen LogP contribution in [-0.4, -0.2) is 51.3 Å². The highest BCUT2D eigenvalue weighted by molar-refractivity contribution is 4.77. The SMILES string of the molecule is C=CCN(CCNCC1CC1)CCOC. The predicted molar refractivity (Wildman–Crippen MR) is 64.1 cm³/mol. The van der Waals surface area contributed by atoms with Gasteiger partial charge in [0.15, 0.2) is 0 Å². The fourth-order valence-corrected chi connectivity index (χ4v) is 1.56. The lowest BCUT2D eigenvalue weighted by atomic mass is 10.4. The summed E-state index contributed by atoms with van der Waals surface area (Å²) in [5.41, 5.74) is 0. The van der Waals surface area contributed by atoms with Crippen LogP contribution in [0.5, 0.6) is 0 Å². The van der Waals surface area contributed by atoms with Gasteiger partial charge < -0.3 is 10.1 Å². The first-order valence-electron chi connectivity index (χ1n) is 5.89. The van der Waals surface area contributed by atoms with Crippen molar-refractivity contribution in [3.63, 3.8) is 0 Å². The van der Waals surface area contributed by atoms with E-state index in [0.29, 0.717) is 0 Å². The van der Waals surface area contributed by atoms with Crippen molar-refractivity contribution in [3.8, 4) is 0 Å². The monoisotopic (exact) mass is 212 g/mol. The summed E-state index contributed by atoms with van der Waals surface area (Å²) in [6, 6.07) is 0. The normalized spacial score (nSPS) is 15.9. The van der Waals surface area contributed by atoms with Gasteiger partial charge in [-0.2, -0.15) is 0 Å². The smallest absolute Gasteiger partial charge is 0.0589 e. The minimum Gasteiger partial charge on any atom is -0.383 e. The van der Waals surface area contributed by atoms with Gasteiger partial charge in [0.05, 0.1) is 6.61 Å². The Morgan fingerprint density at radius 1 is 1.47 bits per heavy atom. The van der Waals surface area contributed by atoms with Crippen molar-refractivity contribution < 1.29 is 4.74 Å². The molecule has 0 aromatic carbocycles. The van der Waals surface area contributed by atoms with E-state index in [0.717, 1.165) is 38.7 Å². The van der Waals surface area contributed by atoms with Crippen LogP contribution in [0.15, 0.2) is 12.7 Å². The third kappa shape index (κ3) is 6.66. The molecule has 1 rings (SSSR count). The second kappa shape index (κ2) is 7.85. The number of ether oxygens (including phenoxy) is 1. The maximum absolute atomic E-state index is 5.08. The van der Waals surface area contributed by atoms with Gasteiger partial charge in [-0.15, -0.1) is 6.58 Å². The predicted octanol–water partition coefficient (Wildman–Crippen LogP) is 1.12. The van der Waals surface area contributed by atoms with Crippen LogP contribution in [0.2, 0.25) is 0 Å². The lowest BCUT2D eigenvalue weighted by Crippen LogP contribution is -2.35. The van der Waals surface area contributed by atoms with E-state index >= 15 is 0 Å². The quantitative estimate of drug-likeness (QED) is 0.434. The fraction of sp³-hybridized carbons (Fsp3) is 0.833. The fourth-order valence-electron chi connectivity index (χ4n) is 1.56. The Balaban J connectivity index is 1.98. The average molecular weight is 212 g/mol. The molecule has 0 spiro atoms. The van der Waals surface area contributed by atoms with Gasteiger partial charge in [-0.05, 0) is 25.3 Å². The van der Waals surface area contributed by atoms with Crippen LogP contribution in [-0.2, 0) is 4.74 Å². The number of hydrogen-bond donors (Lipinski definition) is 1. The van der Waals surface area contributed by atoms with Gasteiger partial charge in [-0.3, -0.25) is 4.90 Å². The number of methoxy groups -OCH3 is 1. The summed E-state index contributed by atoms with van der Waals surface area (Å²) in [4.78, 5) is 2.36. The van der Waals surface area contributed by atoms with Gasteiger partial charge in [0.25, 0.3) is 0 Å². The topological polar surface area (TPSA) is 24.5 Å². The Bertz CT molecular complexity index is 169. The molecule has 0 saturated heterocycles. The van der Waals surface area contributed by atoms with E-state index in [1.165, 1.54) is 19.4 Å². The zero-order valence-corrected chi connectivity index (χ0v) is 9.87. The molecule has 0 aliphatic heterocycles. The molecule has 0 aromatic heterocycles. The van der Waals surface area contributed by atoms with E-state index < -0.39 is 0 Å². The Morgan fingerprint density at radius 2 is 2.27 bits per heavy atom. The van der Waals surface area contributed by atoms with Crippen molar-refractivity contribution in [2.75, 3.05) is 46.4 Å². The molecule has 0 heterocycles. The lowest BCUT2D eigenvalue weighted by molar-refractivity contribution is 0.154. The van der Waals surface area contributed by atoms with Gasteiger partial charge in [0.1, 0.15) is 0 Å². The maximum Gasteiger partial charge on any atom is 0.0589 e. The summed E-state index contributed by atoms with van der Waals surface area (Å²) in [6.45, 7) is 9.88. The average Bonchev–Trinajstić information content (AvgIpc) is 3.04. The van der Waals surface area contributed by atoms with Crippen LogP contribution in [0.1, 0.15) is 12.8 Å². The van der Waals surface area contributed by atoms with Gasteiger partial charge in [-0.25, -0.2) is 0 Å². The molecule has 1 aliphatic rings. The molecule has 1 aliphatic carbocycles. The number of nitrogens with zero attached hydrogens (tertiary/aromatic N) is 1. The van der Waals surface area contributed by atoms with E-state index in [2.05, 4.69) is 16.8 Å². The molecule has 1 saturated carbocycles. The van der Waals surface area contributed by atoms with Crippen LogP contribution >= 0.6 is 0 Å². The molecule has 3 nitrogen and oxygen atoms in total. The summed E-state index contributed by atoms with van der Waals surface area (Å²) >= 11 is 0. The molecular formula is C12H24N2O. The Hall–Kier alpha value is -0.380. The molecule has 0 bridgehead atoms. The zero-order chi connectivity index (χ0) is 10.9. The molecule has 0 atom stereocenters. The van der Waals surface area contributed by atoms with Gasteiger partial charge in [0.2, 0.25) is 0 Å². The van der Waals surface area contributed by atoms with Crippen LogP contribution in [0, 0.1) is 5.92 Å². The van der Waals surface area contributed by atoms with Crippen molar-refractivity contribution in [2.24, 2.45) is 5.92 Å². The van der Waals surface area contributed by atoms with Crippen molar-refractivity contribution in [2.45, 2.75) is 12.8 Å². The zero-order valence-electron chi connectivity index (χ0n) is 9.87. The molecule has 88 valence electrons. The lowest BCUT2D eigenvalue weighted by Gasteiger charge is -2.20. The van der Waals surface area contributed by atoms with E-state index in [1.807, 2.05) is 6.08 Å². The molecule has 1 fully saturated rings. The molecule has 15 heavy (non-hydrogen) atoms. The van der Waals surface area contributed by atoms with E-state index in [1.54, 1.807) is 7.11 Å². The summed E-state index contributed by atoms with van der Waals surface area (Å²) < 4.78 is 5.08. The molecular weight excluding hydrogens is 188 g/mol. The highest BCUT2D eigenvalue weighted by Gasteiger charge is 2.20. The Kier molecular flexibility index (Phi) is 6.64. The van der Waals surface area contributed by atoms with Gasteiger partial charge >= 0.3 is 0 Å². The second-order valence-corrected chi connectivity index (χ2v) is 4.23. The first-order chi connectivity index (χ1) is 7.36. The first-order valence-corrected chi connectivity index (χ1v) is 5.89. The maximum atomic E-state index is 5.08. The van der Waals surface area contributed by atoms with Crippen molar-refractivity contribution in [1.82, 2.24) is 10.2 Å². The second-order valence-electron chi connectivity index (χ2n) is 4.23. The largest absolute Gasteiger partial charge is 0.383 e. The summed E-state index contributed by atoms with van der Waals surface area (Å²) in [5.74, 6) is 0.969. The summed E-state index contributed by atoms with van der Waals surface area (Å²) in [7, 11) is 1.75.